The molecule has 0 unspecified atom stereocenters. The third kappa shape index (κ3) is 5.02. The third-order valence-corrected chi connectivity index (χ3v) is 5.50. The molecular weight excluding hydrogens is 420 g/mol. The average Bonchev–Trinajstić information content (AvgIpc) is 3.29. The minimum atomic E-state index is -0.539. The number of tetrazole rings is 1. The second-order valence-electron chi connectivity index (χ2n) is 6.73. The van der Waals surface area contributed by atoms with Crippen molar-refractivity contribution in [3.8, 4) is 11.4 Å². The molecule has 1 aromatic carbocycles. The molecule has 3 aromatic rings. The van der Waals surface area contributed by atoms with Gasteiger partial charge in [-0.15, -0.1) is 5.10 Å². The number of thioether (sulfide) groups is 1. The summed E-state index contributed by atoms with van der Waals surface area (Å²) in [6, 6.07) is 8.68. The molecule has 0 saturated carbocycles. The first-order valence-corrected chi connectivity index (χ1v) is 10.8. The number of nitrogens with one attached hydrogen (secondary N) is 2. The molecule has 2 heterocycles. The molecule has 0 fully saturated rings. The molecule has 2 N–H and O–H groups in total. The number of hydrogen-bond acceptors (Lipinski definition) is 7. The van der Waals surface area contributed by atoms with Crippen LogP contribution in [-0.4, -0.2) is 53.8 Å². The predicted molar refractivity (Wildman–Crippen MR) is 116 cm³/mol. The maximum Gasteiger partial charge on any atom is 0.321 e. The van der Waals surface area contributed by atoms with Crippen molar-refractivity contribution in [3.63, 3.8) is 0 Å². The zero-order valence-corrected chi connectivity index (χ0v) is 18.3. The van der Waals surface area contributed by atoms with Crippen LogP contribution in [0.3, 0.4) is 0 Å². The highest BCUT2D eigenvalue weighted by atomic mass is 32.2. The van der Waals surface area contributed by atoms with Crippen LogP contribution >= 0.6 is 11.8 Å². The van der Waals surface area contributed by atoms with Gasteiger partial charge in [-0.1, -0.05) is 43.3 Å². The normalized spacial score (nSPS) is 10.8. The highest BCUT2D eigenvalue weighted by Crippen LogP contribution is 2.19. The molecule has 0 radical (unpaired) electrons. The maximum atomic E-state index is 13.2. The number of hydrogen-bond donors (Lipinski definition) is 2. The molecule has 3 amide bonds. The third-order valence-electron chi connectivity index (χ3n) is 4.58. The molecule has 11 nitrogen and oxygen atoms in total. The first-order valence-electron chi connectivity index (χ1n) is 9.77. The summed E-state index contributed by atoms with van der Waals surface area (Å²) < 4.78 is 4.56. The highest BCUT2D eigenvalue weighted by Gasteiger charge is 2.22. The molecule has 0 aliphatic rings. The number of nitrogens with zero attached hydrogens (tertiary/aromatic N) is 6. The van der Waals surface area contributed by atoms with Gasteiger partial charge in [0.15, 0.2) is 5.69 Å². The number of amides is 3. The number of unbranched alkanes of at least 4 members (excludes halogenated alkanes) is 1. The lowest BCUT2D eigenvalue weighted by atomic mass is 10.3. The van der Waals surface area contributed by atoms with Gasteiger partial charge in [0.25, 0.3) is 5.56 Å². The number of urea groups is 1. The van der Waals surface area contributed by atoms with Gasteiger partial charge >= 0.3 is 6.03 Å². The largest absolute Gasteiger partial charge is 0.338 e. The number of aromatic nitrogens is 6. The van der Waals surface area contributed by atoms with Crippen molar-refractivity contribution < 1.29 is 9.59 Å². The smallest absolute Gasteiger partial charge is 0.321 e. The van der Waals surface area contributed by atoms with E-state index in [0.717, 1.165) is 24.6 Å². The first-order chi connectivity index (χ1) is 14.9. The summed E-state index contributed by atoms with van der Waals surface area (Å²) in [6.45, 7) is 4.30. The molecule has 0 atom stereocenters. The standard InChI is InChI=1S/C19H24N8O3S/c1-4-5-11-20-18(30)21-15(28)12-31-19-22-23-24-26(19)16-13(2)25(3)27(17(16)29)14-9-7-6-8-10-14/h6-10H,4-5,11-12H2,1-3H3,(H2,20,21,28,30). The van der Waals surface area contributed by atoms with Crippen molar-refractivity contribution in [3.05, 3.63) is 46.4 Å². The van der Waals surface area contributed by atoms with Crippen LogP contribution in [0, 0.1) is 6.92 Å². The topological polar surface area (TPSA) is 129 Å². The van der Waals surface area contributed by atoms with Gasteiger partial charge in [0, 0.05) is 13.6 Å². The lowest BCUT2D eigenvalue weighted by Crippen LogP contribution is -2.40. The van der Waals surface area contributed by atoms with Crippen molar-refractivity contribution in [1.29, 1.82) is 0 Å². The van der Waals surface area contributed by atoms with Gasteiger partial charge in [0.05, 0.1) is 17.1 Å². The van der Waals surface area contributed by atoms with Crippen LogP contribution in [0.15, 0.2) is 40.3 Å². The lowest BCUT2D eigenvalue weighted by molar-refractivity contribution is -0.117. The fraction of sp³-hybridized carbons (Fsp3) is 0.368. The van der Waals surface area contributed by atoms with Crippen LogP contribution in [-0.2, 0) is 11.8 Å². The first kappa shape index (κ1) is 22.3. The molecule has 0 saturated heterocycles. The van der Waals surface area contributed by atoms with Crippen molar-refractivity contribution in [2.45, 2.75) is 31.8 Å². The van der Waals surface area contributed by atoms with Crippen molar-refractivity contribution in [2.24, 2.45) is 7.05 Å². The van der Waals surface area contributed by atoms with Gasteiger partial charge in [-0.05, 0) is 35.9 Å². The van der Waals surface area contributed by atoms with Crippen molar-refractivity contribution in [1.82, 2.24) is 40.2 Å². The molecule has 12 heteroatoms. The van der Waals surface area contributed by atoms with Gasteiger partial charge < -0.3 is 5.32 Å². The molecule has 0 aliphatic heterocycles. The Hall–Kier alpha value is -3.41. The van der Waals surface area contributed by atoms with Crippen LogP contribution in [0.25, 0.3) is 11.4 Å². The van der Waals surface area contributed by atoms with E-state index in [0.29, 0.717) is 17.9 Å². The molecule has 31 heavy (non-hydrogen) atoms. The number of benzene rings is 1. The van der Waals surface area contributed by atoms with E-state index in [4.69, 9.17) is 0 Å². The Labute approximate surface area is 182 Å². The molecule has 164 valence electrons. The summed E-state index contributed by atoms with van der Waals surface area (Å²) in [6.07, 6.45) is 1.78. The summed E-state index contributed by atoms with van der Waals surface area (Å²) in [5.74, 6) is -0.569. The summed E-state index contributed by atoms with van der Waals surface area (Å²) in [4.78, 5) is 36.9. The Morgan fingerprint density at radius 2 is 1.94 bits per heavy atom. The van der Waals surface area contributed by atoms with Gasteiger partial charge in [0.2, 0.25) is 11.1 Å². The van der Waals surface area contributed by atoms with Crippen molar-refractivity contribution in [2.75, 3.05) is 12.3 Å². The Bertz CT molecular complexity index is 1120. The quantitative estimate of drug-likeness (QED) is 0.394. The van der Waals surface area contributed by atoms with E-state index in [-0.39, 0.29) is 22.2 Å². The number of para-hydroxylation sites is 1. The summed E-state index contributed by atoms with van der Waals surface area (Å²) in [7, 11) is 1.77. The van der Waals surface area contributed by atoms with E-state index >= 15 is 0 Å². The van der Waals surface area contributed by atoms with E-state index in [1.165, 1.54) is 9.36 Å². The molecule has 0 aliphatic carbocycles. The Kier molecular flexibility index (Phi) is 7.23. The van der Waals surface area contributed by atoms with Crippen LogP contribution in [0.4, 0.5) is 4.79 Å². The highest BCUT2D eigenvalue weighted by molar-refractivity contribution is 7.99. The van der Waals surface area contributed by atoms with Gasteiger partial charge in [-0.3, -0.25) is 19.6 Å². The van der Waals surface area contributed by atoms with E-state index in [1.54, 1.807) is 18.7 Å². The zero-order chi connectivity index (χ0) is 22.4. The Morgan fingerprint density at radius 1 is 1.19 bits per heavy atom. The fourth-order valence-corrected chi connectivity index (χ4v) is 3.60. The predicted octanol–water partition coefficient (Wildman–Crippen LogP) is 1.18. The van der Waals surface area contributed by atoms with E-state index < -0.39 is 11.9 Å². The fourth-order valence-electron chi connectivity index (χ4n) is 2.92. The zero-order valence-electron chi connectivity index (χ0n) is 17.5. The van der Waals surface area contributed by atoms with Gasteiger partial charge in [-0.2, -0.15) is 4.68 Å². The maximum absolute atomic E-state index is 13.2. The van der Waals surface area contributed by atoms with Gasteiger partial charge in [0.1, 0.15) is 0 Å². The summed E-state index contributed by atoms with van der Waals surface area (Å²) in [5.41, 5.74) is 1.36. The van der Waals surface area contributed by atoms with E-state index in [9.17, 15) is 14.4 Å². The molecule has 3 rings (SSSR count). The van der Waals surface area contributed by atoms with Crippen molar-refractivity contribution >= 4 is 23.7 Å². The minimum Gasteiger partial charge on any atom is -0.338 e. The van der Waals surface area contributed by atoms with Crippen LogP contribution in [0.2, 0.25) is 0 Å². The van der Waals surface area contributed by atoms with Crippen LogP contribution in [0.1, 0.15) is 25.5 Å². The number of carbonyl (C=O) groups excluding carboxylic acids is 2. The average molecular weight is 445 g/mol. The number of imide groups is 1. The second-order valence-corrected chi connectivity index (χ2v) is 7.67. The molecule has 2 aromatic heterocycles. The SMILES string of the molecule is CCCCNC(=O)NC(=O)CSc1nnnn1-c1c(C)n(C)n(-c2ccccc2)c1=O. The summed E-state index contributed by atoms with van der Waals surface area (Å²) >= 11 is 1.03. The summed E-state index contributed by atoms with van der Waals surface area (Å²) in [5, 5.41) is 16.7. The van der Waals surface area contributed by atoms with E-state index in [2.05, 4.69) is 26.2 Å². The van der Waals surface area contributed by atoms with Crippen LogP contribution < -0.4 is 16.2 Å². The lowest BCUT2D eigenvalue weighted by Gasteiger charge is -2.07. The monoisotopic (exact) mass is 444 g/mol. The Morgan fingerprint density at radius 3 is 2.65 bits per heavy atom. The molecule has 0 spiro atoms. The minimum absolute atomic E-state index is 0.0830. The van der Waals surface area contributed by atoms with Crippen LogP contribution in [0.5, 0.6) is 0 Å². The number of carbonyl (C=O) groups is 2. The van der Waals surface area contributed by atoms with E-state index in [1.807, 2.05) is 37.3 Å². The number of rotatable bonds is 8. The second kappa shape index (κ2) is 10.1. The Balaban J connectivity index is 1.76. The van der Waals surface area contributed by atoms with Gasteiger partial charge in [-0.25, -0.2) is 9.48 Å². The molecule has 0 bridgehead atoms. The molecular formula is C19H24N8O3S.